The summed E-state index contributed by atoms with van der Waals surface area (Å²) in [6.45, 7) is 0. The zero-order valence-corrected chi connectivity index (χ0v) is 19.5. The fraction of sp³-hybridized carbons (Fsp3) is 0.231. The lowest BCUT2D eigenvalue weighted by Crippen LogP contribution is -2.37. The number of ether oxygens (including phenoxy) is 2. The molecule has 0 aromatic heterocycles. The van der Waals surface area contributed by atoms with Gasteiger partial charge in [0.1, 0.15) is 11.5 Å². The Kier molecular flexibility index (Phi) is 6.56. The maximum Gasteiger partial charge on any atom is 0.232 e. The number of benzene rings is 3. The average molecular weight is 465 g/mol. The van der Waals surface area contributed by atoms with E-state index in [4.69, 9.17) is 21.1 Å². The van der Waals surface area contributed by atoms with Crippen LogP contribution in [0.2, 0.25) is 5.02 Å². The van der Waals surface area contributed by atoms with Gasteiger partial charge in [0.2, 0.25) is 11.8 Å². The van der Waals surface area contributed by atoms with E-state index >= 15 is 0 Å². The number of anilines is 2. The topological polar surface area (TPSA) is 59.1 Å². The van der Waals surface area contributed by atoms with Crippen LogP contribution in [0.25, 0.3) is 0 Å². The molecule has 3 aromatic carbocycles. The number of carbonyl (C=O) groups is 2. The predicted molar refractivity (Wildman–Crippen MR) is 129 cm³/mol. The van der Waals surface area contributed by atoms with E-state index < -0.39 is 12.0 Å². The second kappa shape index (κ2) is 9.55. The lowest BCUT2D eigenvalue weighted by molar-refractivity contribution is -0.124. The van der Waals surface area contributed by atoms with Crippen LogP contribution < -0.4 is 19.3 Å². The van der Waals surface area contributed by atoms with Crippen LogP contribution in [0.4, 0.5) is 11.4 Å². The molecule has 2 unspecified atom stereocenters. The van der Waals surface area contributed by atoms with Crippen molar-refractivity contribution in [2.24, 2.45) is 5.92 Å². The summed E-state index contributed by atoms with van der Waals surface area (Å²) in [5.74, 6) is 0.599. The molecular weight excluding hydrogens is 440 g/mol. The van der Waals surface area contributed by atoms with E-state index in [1.165, 1.54) is 0 Å². The predicted octanol–water partition coefficient (Wildman–Crippen LogP) is 5.11. The summed E-state index contributed by atoms with van der Waals surface area (Å²) < 4.78 is 10.5. The molecule has 2 atom stereocenters. The summed E-state index contributed by atoms with van der Waals surface area (Å²) in [7, 11) is 4.92. The van der Waals surface area contributed by atoms with Gasteiger partial charge in [0.15, 0.2) is 0 Å². The first kappa shape index (κ1) is 22.7. The van der Waals surface area contributed by atoms with Gasteiger partial charge < -0.3 is 19.3 Å². The Balaban J connectivity index is 1.73. The molecule has 3 aromatic rings. The monoisotopic (exact) mass is 464 g/mol. The molecule has 0 radical (unpaired) electrons. The minimum absolute atomic E-state index is 0.108. The fourth-order valence-electron chi connectivity index (χ4n) is 4.23. The molecule has 1 aliphatic rings. The van der Waals surface area contributed by atoms with Crippen molar-refractivity contribution in [2.45, 2.75) is 12.5 Å². The summed E-state index contributed by atoms with van der Waals surface area (Å²) in [5.41, 5.74) is 2.29. The van der Waals surface area contributed by atoms with E-state index in [1.807, 2.05) is 48.5 Å². The average Bonchev–Trinajstić information content (AvgIpc) is 3.20. The SMILES string of the molecule is COc1ccc(C2C(C(=O)N(C)c3ccc(Cl)cc3)CC(=O)N2c2ccc(OC)cc2)cc1. The molecule has 0 N–H and O–H groups in total. The van der Waals surface area contributed by atoms with Crippen molar-refractivity contribution < 1.29 is 19.1 Å². The van der Waals surface area contributed by atoms with Crippen molar-refractivity contribution in [1.82, 2.24) is 0 Å². The highest BCUT2D eigenvalue weighted by molar-refractivity contribution is 6.30. The van der Waals surface area contributed by atoms with Crippen molar-refractivity contribution in [2.75, 3.05) is 31.1 Å². The number of amides is 2. The van der Waals surface area contributed by atoms with Gasteiger partial charge in [0, 0.05) is 29.9 Å². The van der Waals surface area contributed by atoms with Crippen molar-refractivity contribution in [1.29, 1.82) is 0 Å². The molecule has 0 bridgehead atoms. The molecule has 0 spiro atoms. The third-order valence-corrected chi connectivity index (χ3v) is 6.24. The van der Waals surface area contributed by atoms with Crippen LogP contribution in [0.5, 0.6) is 11.5 Å². The van der Waals surface area contributed by atoms with Gasteiger partial charge in [-0.3, -0.25) is 9.59 Å². The molecule has 2 amide bonds. The van der Waals surface area contributed by atoms with Crippen LogP contribution in [0, 0.1) is 5.92 Å². The van der Waals surface area contributed by atoms with Crippen LogP contribution in [0.3, 0.4) is 0 Å². The first-order chi connectivity index (χ1) is 15.9. The van der Waals surface area contributed by atoms with Crippen molar-refractivity contribution in [3.8, 4) is 11.5 Å². The van der Waals surface area contributed by atoms with Gasteiger partial charge in [-0.25, -0.2) is 0 Å². The summed E-state index contributed by atoms with van der Waals surface area (Å²) in [5, 5.41) is 0.595. The van der Waals surface area contributed by atoms with Crippen molar-refractivity contribution >= 4 is 34.8 Å². The Bertz CT molecular complexity index is 1130. The Morgan fingerprint density at radius 3 is 2.00 bits per heavy atom. The van der Waals surface area contributed by atoms with Crippen LogP contribution in [-0.2, 0) is 9.59 Å². The maximum absolute atomic E-state index is 13.6. The molecule has 0 saturated carbocycles. The van der Waals surface area contributed by atoms with Gasteiger partial charge in [0.25, 0.3) is 0 Å². The molecule has 6 nitrogen and oxygen atoms in total. The summed E-state index contributed by atoms with van der Waals surface area (Å²) in [6.07, 6.45) is 0.111. The quantitative estimate of drug-likeness (QED) is 0.508. The second-order valence-electron chi connectivity index (χ2n) is 7.86. The standard InChI is InChI=1S/C26H25ClN2O4/c1-28(19-8-6-18(27)7-9-19)26(31)23-16-24(30)29(20-10-14-22(33-3)15-11-20)25(23)17-4-12-21(32-2)13-5-17/h4-15,23,25H,16H2,1-3H3. The van der Waals surface area contributed by atoms with Gasteiger partial charge >= 0.3 is 0 Å². The summed E-state index contributed by atoms with van der Waals surface area (Å²) in [6, 6.07) is 21.4. The molecule has 33 heavy (non-hydrogen) atoms. The molecule has 1 heterocycles. The summed E-state index contributed by atoms with van der Waals surface area (Å²) >= 11 is 6.00. The van der Waals surface area contributed by atoms with Crippen molar-refractivity contribution in [3.05, 3.63) is 83.4 Å². The second-order valence-corrected chi connectivity index (χ2v) is 8.30. The highest BCUT2D eigenvalue weighted by Gasteiger charge is 2.46. The van der Waals surface area contributed by atoms with Gasteiger partial charge in [-0.15, -0.1) is 0 Å². The van der Waals surface area contributed by atoms with Gasteiger partial charge in [-0.2, -0.15) is 0 Å². The highest BCUT2D eigenvalue weighted by Crippen LogP contribution is 2.43. The largest absolute Gasteiger partial charge is 0.497 e. The number of hydrogen-bond acceptors (Lipinski definition) is 4. The molecular formula is C26H25ClN2O4. The zero-order valence-electron chi connectivity index (χ0n) is 18.7. The normalized spacial score (nSPS) is 17.7. The van der Waals surface area contributed by atoms with Crippen LogP contribution in [0.1, 0.15) is 18.0 Å². The first-order valence-electron chi connectivity index (χ1n) is 10.6. The molecule has 0 aliphatic carbocycles. The Hall–Kier alpha value is -3.51. The number of rotatable bonds is 6. The Morgan fingerprint density at radius 1 is 0.909 bits per heavy atom. The lowest BCUT2D eigenvalue weighted by atomic mass is 9.92. The van der Waals surface area contributed by atoms with Crippen LogP contribution in [-0.4, -0.2) is 33.1 Å². The molecule has 4 rings (SSSR count). The van der Waals surface area contributed by atoms with Crippen molar-refractivity contribution in [3.63, 3.8) is 0 Å². The first-order valence-corrected chi connectivity index (χ1v) is 10.9. The smallest absolute Gasteiger partial charge is 0.232 e. The number of carbonyl (C=O) groups excluding carboxylic acids is 2. The Morgan fingerprint density at radius 2 is 1.45 bits per heavy atom. The van der Waals surface area contributed by atoms with E-state index in [-0.39, 0.29) is 18.2 Å². The third kappa shape index (κ3) is 4.52. The van der Waals surface area contributed by atoms with Crippen LogP contribution >= 0.6 is 11.6 Å². The van der Waals surface area contributed by atoms with E-state index in [2.05, 4.69) is 0 Å². The number of nitrogens with zero attached hydrogens (tertiary/aromatic N) is 2. The molecule has 1 saturated heterocycles. The van der Waals surface area contributed by atoms with E-state index in [0.717, 1.165) is 5.56 Å². The lowest BCUT2D eigenvalue weighted by Gasteiger charge is -2.30. The summed E-state index contributed by atoms with van der Waals surface area (Å²) in [4.78, 5) is 30.2. The third-order valence-electron chi connectivity index (χ3n) is 5.99. The fourth-order valence-corrected chi connectivity index (χ4v) is 4.35. The van der Waals surface area contributed by atoms with E-state index in [0.29, 0.717) is 27.9 Å². The highest BCUT2D eigenvalue weighted by atomic mass is 35.5. The molecule has 170 valence electrons. The minimum atomic E-state index is -0.561. The van der Waals surface area contributed by atoms with Crippen LogP contribution in [0.15, 0.2) is 72.8 Å². The van der Waals surface area contributed by atoms with E-state index in [1.54, 1.807) is 55.3 Å². The minimum Gasteiger partial charge on any atom is -0.497 e. The molecule has 1 aliphatic heterocycles. The van der Waals surface area contributed by atoms with Gasteiger partial charge in [0.05, 0.1) is 26.2 Å². The zero-order chi connectivity index (χ0) is 23.5. The Labute approximate surface area is 198 Å². The molecule has 1 fully saturated rings. The number of methoxy groups -OCH3 is 2. The van der Waals surface area contributed by atoms with Gasteiger partial charge in [-0.05, 0) is 66.2 Å². The molecule has 7 heteroatoms. The van der Waals surface area contributed by atoms with E-state index in [9.17, 15) is 9.59 Å². The van der Waals surface area contributed by atoms with Gasteiger partial charge in [-0.1, -0.05) is 23.7 Å². The number of hydrogen-bond donors (Lipinski definition) is 0. The maximum atomic E-state index is 13.6. The number of halogens is 1.